The second-order valence-electron chi connectivity index (χ2n) is 6.62. The van der Waals surface area contributed by atoms with E-state index < -0.39 is 0 Å². The molecule has 1 aliphatic rings. The summed E-state index contributed by atoms with van der Waals surface area (Å²) in [7, 11) is 1.69. The Hall–Kier alpha value is -2.28. The number of hydrogen-bond acceptors (Lipinski definition) is 5. The quantitative estimate of drug-likeness (QED) is 0.426. The maximum atomic E-state index is 13.0. The number of fused-ring (bicyclic) bond motifs is 1. The average Bonchev–Trinajstić information content (AvgIpc) is 2.79. The minimum absolute atomic E-state index is 0.201. The Bertz CT molecular complexity index is 1230. The number of rotatable bonds is 4. The maximum absolute atomic E-state index is 13.0. The zero-order valence-corrected chi connectivity index (χ0v) is 20.2. The predicted octanol–water partition coefficient (Wildman–Crippen LogP) is 6.69. The third-order valence-corrected chi connectivity index (χ3v) is 6.19. The molecule has 4 rings (SSSR count). The van der Waals surface area contributed by atoms with Crippen molar-refractivity contribution < 1.29 is 0 Å². The van der Waals surface area contributed by atoms with Crippen molar-refractivity contribution in [1.29, 1.82) is 0 Å². The number of aryl methyl sites for hydroxylation is 1. The Balaban J connectivity index is 0.00000132. The Labute approximate surface area is 196 Å². The van der Waals surface area contributed by atoms with Crippen LogP contribution in [0.25, 0.3) is 16.6 Å². The molecule has 0 saturated heterocycles. The number of thioether (sulfide) groups is 1. The van der Waals surface area contributed by atoms with Crippen LogP contribution in [0.3, 0.4) is 0 Å². The van der Waals surface area contributed by atoms with Gasteiger partial charge in [0.1, 0.15) is 5.65 Å². The van der Waals surface area contributed by atoms with Gasteiger partial charge in [0.2, 0.25) is 5.95 Å². The Morgan fingerprint density at radius 1 is 1.19 bits per heavy atom. The number of nitrogens with one attached hydrogen (secondary N) is 1. The highest BCUT2D eigenvalue weighted by molar-refractivity contribution is 7.98. The summed E-state index contributed by atoms with van der Waals surface area (Å²) in [6.07, 6.45) is 7.04. The fourth-order valence-electron chi connectivity index (χ4n) is 3.27. The minimum atomic E-state index is -0.201. The first kappa shape index (κ1) is 23.4. The van der Waals surface area contributed by atoms with Gasteiger partial charge in [-0.15, -0.1) is 11.8 Å². The van der Waals surface area contributed by atoms with Crippen LogP contribution in [0.1, 0.15) is 32.3 Å². The number of nitrogens with zero attached hydrogens (tertiary/aromatic N) is 3. The van der Waals surface area contributed by atoms with Gasteiger partial charge in [-0.05, 0) is 43.4 Å². The van der Waals surface area contributed by atoms with Crippen LogP contribution in [-0.2, 0) is 7.05 Å². The molecule has 0 fully saturated rings. The van der Waals surface area contributed by atoms with Gasteiger partial charge in [-0.25, -0.2) is 4.98 Å². The molecule has 5 nitrogen and oxygen atoms in total. The first-order valence-corrected chi connectivity index (χ1v) is 12.0. The van der Waals surface area contributed by atoms with E-state index in [-0.39, 0.29) is 5.56 Å². The van der Waals surface area contributed by atoms with Crippen LogP contribution in [0, 0.1) is 0 Å². The summed E-state index contributed by atoms with van der Waals surface area (Å²) in [4.78, 5) is 23.1. The van der Waals surface area contributed by atoms with E-state index in [1.165, 1.54) is 4.57 Å². The van der Waals surface area contributed by atoms with Crippen molar-refractivity contribution in [1.82, 2.24) is 14.5 Å². The molecule has 1 N–H and O–H groups in total. The summed E-state index contributed by atoms with van der Waals surface area (Å²) >= 11 is 14.4. The fraction of sp³-hybridized carbons (Fsp3) is 0.261. The van der Waals surface area contributed by atoms with E-state index in [0.717, 1.165) is 22.4 Å². The van der Waals surface area contributed by atoms with Gasteiger partial charge >= 0.3 is 0 Å². The normalized spacial score (nSPS) is 13.5. The number of allylic oxidation sites excluding steroid dienone is 4. The second-order valence-corrected chi connectivity index (χ2v) is 8.37. The van der Waals surface area contributed by atoms with Gasteiger partial charge in [0.05, 0.1) is 5.56 Å². The van der Waals surface area contributed by atoms with E-state index in [2.05, 4.69) is 15.3 Å². The number of pyridine rings is 1. The van der Waals surface area contributed by atoms with E-state index in [4.69, 9.17) is 23.2 Å². The first-order valence-electron chi connectivity index (χ1n) is 10.0. The smallest absolute Gasteiger partial charge is 0.259 e. The highest BCUT2D eigenvalue weighted by atomic mass is 35.5. The molecule has 1 aliphatic carbocycles. The van der Waals surface area contributed by atoms with Gasteiger partial charge in [0.25, 0.3) is 5.56 Å². The summed E-state index contributed by atoms with van der Waals surface area (Å²) in [6.45, 7) is 4.00. The second kappa shape index (κ2) is 10.4. The van der Waals surface area contributed by atoms with Gasteiger partial charge in [0.15, 0.2) is 0 Å². The summed E-state index contributed by atoms with van der Waals surface area (Å²) in [5.41, 5.74) is 2.27. The molecule has 31 heavy (non-hydrogen) atoms. The summed E-state index contributed by atoms with van der Waals surface area (Å²) in [6, 6.07) is 9.73. The maximum Gasteiger partial charge on any atom is 0.259 e. The van der Waals surface area contributed by atoms with E-state index >= 15 is 0 Å². The molecule has 8 heteroatoms. The van der Waals surface area contributed by atoms with Crippen LogP contribution in [0.2, 0.25) is 0 Å². The van der Waals surface area contributed by atoms with E-state index in [1.807, 2.05) is 50.4 Å². The lowest BCUT2D eigenvalue weighted by atomic mass is 9.99. The summed E-state index contributed by atoms with van der Waals surface area (Å²) in [5, 5.41) is 5.04. The number of aromatic nitrogens is 3. The molecule has 3 aromatic rings. The topological polar surface area (TPSA) is 59.8 Å². The standard InChI is InChI=1S/C21H18Cl2N4OS.C2H6/c1-27-19-12(9-15(20(27)28)18-16(22)7-4-8-17(18)23)11-24-21(26-19)25-13-5-3-6-14(10-13)29-2;1-2/h3,5-7,9-11H,4,8H2,1-2H3,(H,24,25,26);1-2H3. The van der Waals surface area contributed by atoms with E-state index in [1.54, 1.807) is 31.1 Å². The Morgan fingerprint density at radius 3 is 2.68 bits per heavy atom. The SMILES string of the molecule is CC.CSc1cccc(Nc2ncc3cc(C4=C(Cl)CCC=C4Cl)c(=O)n(C)c3n2)c1. The zero-order valence-electron chi connectivity index (χ0n) is 17.9. The van der Waals surface area contributed by atoms with Crippen LogP contribution in [0.4, 0.5) is 11.6 Å². The van der Waals surface area contributed by atoms with Crippen molar-refractivity contribution >= 4 is 63.2 Å². The summed E-state index contributed by atoms with van der Waals surface area (Å²) < 4.78 is 1.51. The third-order valence-electron chi connectivity index (χ3n) is 4.74. The lowest BCUT2D eigenvalue weighted by Crippen LogP contribution is -2.22. The minimum Gasteiger partial charge on any atom is -0.324 e. The van der Waals surface area contributed by atoms with Crippen LogP contribution in [-0.4, -0.2) is 20.8 Å². The Morgan fingerprint density at radius 2 is 1.97 bits per heavy atom. The molecule has 0 amide bonds. The van der Waals surface area contributed by atoms with Crippen molar-refractivity contribution in [2.24, 2.45) is 7.05 Å². The van der Waals surface area contributed by atoms with Gasteiger partial charge in [0, 0.05) is 44.9 Å². The van der Waals surface area contributed by atoms with Gasteiger partial charge < -0.3 is 5.32 Å². The largest absolute Gasteiger partial charge is 0.324 e. The third kappa shape index (κ3) is 4.97. The van der Waals surface area contributed by atoms with Crippen LogP contribution >= 0.6 is 35.0 Å². The number of halogens is 2. The predicted molar refractivity (Wildman–Crippen MR) is 134 cm³/mol. The van der Waals surface area contributed by atoms with E-state index in [0.29, 0.717) is 39.2 Å². The molecular formula is C23H24Cl2N4OS. The van der Waals surface area contributed by atoms with Crippen molar-refractivity contribution in [3.8, 4) is 0 Å². The van der Waals surface area contributed by atoms with E-state index in [9.17, 15) is 4.79 Å². The van der Waals surface area contributed by atoms with Gasteiger partial charge in [-0.2, -0.15) is 4.98 Å². The molecule has 2 aromatic heterocycles. The molecule has 0 saturated carbocycles. The molecule has 0 aliphatic heterocycles. The monoisotopic (exact) mass is 474 g/mol. The fourth-order valence-corrected chi connectivity index (χ4v) is 4.42. The van der Waals surface area contributed by atoms with Crippen molar-refractivity contribution in [2.45, 2.75) is 31.6 Å². The number of hydrogen-bond donors (Lipinski definition) is 1. The van der Waals surface area contributed by atoms with Crippen molar-refractivity contribution in [2.75, 3.05) is 11.6 Å². The van der Waals surface area contributed by atoms with Crippen molar-refractivity contribution in [3.63, 3.8) is 0 Å². The van der Waals surface area contributed by atoms with Gasteiger partial charge in [-0.1, -0.05) is 49.2 Å². The number of benzene rings is 1. The lowest BCUT2D eigenvalue weighted by Gasteiger charge is -2.16. The molecule has 1 aromatic carbocycles. The molecule has 0 unspecified atom stereocenters. The molecule has 0 radical (unpaired) electrons. The lowest BCUT2D eigenvalue weighted by molar-refractivity contribution is 0.879. The molecule has 2 heterocycles. The van der Waals surface area contributed by atoms with Crippen LogP contribution in [0.5, 0.6) is 0 Å². The molecule has 0 spiro atoms. The summed E-state index contributed by atoms with van der Waals surface area (Å²) in [5.74, 6) is 0.423. The first-order chi connectivity index (χ1) is 15.0. The number of anilines is 2. The Kier molecular flexibility index (Phi) is 7.81. The van der Waals surface area contributed by atoms with Crippen LogP contribution < -0.4 is 10.9 Å². The molecular weight excluding hydrogens is 451 g/mol. The highest BCUT2D eigenvalue weighted by Crippen LogP contribution is 2.36. The van der Waals surface area contributed by atoms with Crippen LogP contribution in [0.15, 0.2) is 62.4 Å². The molecule has 0 atom stereocenters. The average molecular weight is 475 g/mol. The van der Waals surface area contributed by atoms with Crippen molar-refractivity contribution in [3.05, 3.63) is 68.6 Å². The highest BCUT2D eigenvalue weighted by Gasteiger charge is 2.20. The van der Waals surface area contributed by atoms with Gasteiger partial charge in [-0.3, -0.25) is 9.36 Å². The molecule has 0 bridgehead atoms. The molecule has 162 valence electrons. The zero-order chi connectivity index (χ0) is 22.5.